The first-order chi connectivity index (χ1) is 8.90. The molecule has 0 spiro atoms. The van der Waals surface area contributed by atoms with Gasteiger partial charge in [-0.1, -0.05) is 11.2 Å². The van der Waals surface area contributed by atoms with Gasteiger partial charge in [0.05, 0.1) is 4.92 Å². The topological polar surface area (TPSA) is 115 Å². The second-order valence-electron chi connectivity index (χ2n) is 3.72. The molecule has 0 radical (unpaired) electrons. The number of nitro groups is 1. The molecular weight excluding hydrogens is 274 g/mol. The fourth-order valence-corrected chi connectivity index (χ4v) is 2.60. The predicted molar refractivity (Wildman–Crippen MR) is 65.1 cm³/mol. The van der Waals surface area contributed by atoms with Crippen molar-refractivity contribution in [1.29, 1.82) is 0 Å². The van der Waals surface area contributed by atoms with Gasteiger partial charge in [0.2, 0.25) is 0 Å². The van der Waals surface area contributed by atoms with Crippen molar-refractivity contribution in [1.82, 2.24) is 5.16 Å². The average molecular weight is 283 g/mol. The molecule has 19 heavy (non-hydrogen) atoms. The van der Waals surface area contributed by atoms with Crippen molar-refractivity contribution in [3.63, 3.8) is 0 Å². The molecule has 0 saturated carbocycles. The lowest BCUT2D eigenvalue weighted by Crippen LogP contribution is -2.15. The Hall–Kier alpha value is -2.42. The molecule has 0 aliphatic heterocycles. The molecule has 0 aliphatic carbocycles. The normalized spacial score (nSPS) is 11.2. The van der Waals surface area contributed by atoms with Crippen LogP contribution >= 0.6 is 0 Å². The highest BCUT2D eigenvalue weighted by Gasteiger charge is 2.26. The van der Waals surface area contributed by atoms with Crippen LogP contribution in [0.15, 0.2) is 39.9 Å². The largest absolute Gasteiger partial charge is 0.363 e. The summed E-state index contributed by atoms with van der Waals surface area (Å²) in [6, 6.07) is 5.13. The van der Waals surface area contributed by atoms with Crippen LogP contribution < -0.4 is 4.72 Å². The molecule has 0 atom stereocenters. The van der Waals surface area contributed by atoms with Gasteiger partial charge in [0.15, 0.2) is 10.7 Å². The number of nitrogens with one attached hydrogen (secondary N) is 1. The highest BCUT2D eigenvalue weighted by Crippen LogP contribution is 2.26. The van der Waals surface area contributed by atoms with Gasteiger partial charge in [0.1, 0.15) is 6.26 Å². The molecule has 1 aromatic heterocycles. The van der Waals surface area contributed by atoms with Crippen LogP contribution in [0.25, 0.3) is 0 Å². The van der Waals surface area contributed by atoms with E-state index in [2.05, 4.69) is 14.4 Å². The van der Waals surface area contributed by atoms with Crippen molar-refractivity contribution in [2.75, 3.05) is 4.72 Å². The molecule has 0 saturated heterocycles. The number of anilines is 1. The Labute approximate surface area is 108 Å². The van der Waals surface area contributed by atoms with Crippen molar-refractivity contribution in [3.8, 4) is 0 Å². The van der Waals surface area contributed by atoms with Gasteiger partial charge in [0.25, 0.3) is 15.7 Å². The highest BCUT2D eigenvalue weighted by molar-refractivity contribution is 7.92. The molecule has 1 aromatic carbocycles. The third kappa shape index (κ3) is 2.71. The summed E-state index contributed by atoms with van der Waals surface area (Å²) in [5, 5.41) is 14.3. The van der Waals surface area contributed by atoms with Crippen LogP contribution in [0.5, 0.6) is 0 Å². The molecule has 100 valence electrons. The van der Waals surface area contributed by atoms with E-state index in [9.17, 15) is 18.5 Å². The quantitative estimate of drug-likeness (QED) is 0.674. The molecule has 0 amide bonds. The summed E-state index contributed by atoms with van der Waals surface area (Å²) in [5.74, 6) is -0.0464. The smallest absolute Gasteiger partial charge is 0.290 e. The number of aryl methyl sites for hydroxylation is 1. The van der Waals surface area contributed by atoms with Crippen LogP contribution in [-0.4, -0.2) is 18.5 Å². The summed E-state index contributed by atoms with van der Waals surface area (Å²) in [6.07, 6.45) is 1.18. The third-order valence-electron chi connectivity index (χ3n) is 2.28. The van der Waals surface area contributed by atoms with Gasteiger partial charge in [-0.3, -0.25) is 14.8 Å². The zero-order chi connectivity index (χ0) is 14.0. The van der Waals surface area contributed by atoms with Crippen molar-refractivity contribution in [2.45, 2.75) is 11.8 Å². The van der Waals surface area contributed by atoms with Crippen molar-refractivity contribution in [3.05, 3.63) is 46.2 Å². The fraction of sp³-hybridized carbons (Fsp3) is 0.100. The Kier molecular flexibility index (Phi) is 3.21. The summed E-state index contributed by atoms with van der Waals surface area (Å²) in [6.45, 7) is 1.63. The minimum absolute atomic E-state index is 0.0464. The first-order valence-corrected chi connectivity index (χ1v) is 6.57. The van der Waals surface area contributed by atoms with E-state index >= 15 is 0 Å². The maximum atomic E-state index is 12.0. The molecule has 9 heteroatoms. The van der Waals surface area contributed by atoms with Gasteiger partial charge in [-0.2, -0.15) is 0 Å². The number of rotatable bonds is 4. The van der Waals surface area contributed by atoms with Crippen molar-refractivity contribution in [2.24, 2.45) is 0 Å². The molecule has 0 aliphatic rings. The number of hydrogen-bond donors (Lipinski definition) is 1. The monoisotopic (exact) mass is 283 g/mol. The minimum Gasteiger partial charge on any atom is -0.363 e. The van der Waals surface area contributed by atoms with E-state index in [-0.39, 0.29) is 5.82 Å². The van der Waals surface area contributed by atoms with Crippen LogP contribution in [0.3, 0.4) is 0 Å². The molecule has 1 heterocycles. The van der Waals surface area contributed by atoms with E-state index < -0.39 is 25.5 Å². The van der Waals surface area contributed by atoms with Gasteiger partial charge in [-0.25, -0.2) is 8.42 Å². The number of sulfonamides is 1. The molecular formula is C10H9N3O5S. The second kappa shape index (κ2) is 4.69. The zero-order valence-electron chi connectivity index (χ0n) is 9.73. The SMILES string of the molecule is Cc1ccc(S(=O)(=O)Nc2ccon2)c([N+](=O)[O-])c1. The second-order valence-corrected chi connectivity index (χ2v) is 5.37. The van der Waals surface area contributed by atoms with Gasteiger partial charge in [0, 0.05) is 12.1 Å². The number of hydrogen-bond acceptors (Lipinski definition) is 6. The van der Waals surface area contributed by atoms with Gasteiger partial charge in [-0.05, 0) is 18.6 Å². The maximum absolute atomic E-state index is 12.0. The minimum atomic E-state index is -4.09. The van der Waals surface area contributed by atoms with Crippen LogP contribution in [0, 0.1) is 17.0 Å². The van der Waals surface area contributed by atoms with Crippen LogP contribution in [0.4, 0.5) is 11.5 Å². The average Bonchev–Trinajstić information content (AvgIpc) is 2.80. The molecule has 8 nitrogen and oxygen atoms in total. The summed E-state index contributed by atoms with van der Waals surface area (Å²) in [7, 11) is -4.09. The number of nitro benzene ring substituents is 1. The molecule has 2 aromatic rings. The van der Waals surface area contributed by atoms with Gasteiger partial charge >= 0.3 is 0 Å². The Bertz CT molecular complexity index is 709. The number of benzene rings is 1. The number of aromatic nitrogens is 1. The first-order valence-electron chi connectivity index (χ1n) is 5.08. The van der Waals surface area contributed by atoms with Crippen molar-refractivity contribution < 1.29 is 17.9 Å². The van der Waals surface area contributed by atoms with E-state index in [1.165, 1.54) is 30.5 Å². The standard InChI is InChI=1S/C10H9N3O5S/c1-7-2-3-9(8(6-7)13(14)15)19(16,17)12-10-4-5-18-11-10/h2-6H,1H3,(H,11,12). The lowest BCUT2D eigenvalue weighted by molar-refractivity contribution is -0.387. The van der Waals surface area contributed by atoms with Crippen molar-refractivity contribution >= 4 is 21.5 Å². The van der Waals surface area contributed by atoms with E-state index in [1.807, 2.05) is 0 Å². The van der Waals surface area contributed by atoms with E-state index in [0.29, 0.717) is 5.56 Å². The predicted octanol–water partition coefficient (Wildman–Crippen LogP) is 1.69. The molecule has 0 unspecified atom stereocenters. The highest BCUT2D eigenvalue weighted by atomic mass is 32.2. The maximum Gasteiger partial charge on any atom is 0.290 e. The lowest BCUT2D eigenvalue weighted by Gasteiger charge is -2.06. The van der Waals surface area contributed by atoms with E-state index in [4.69, 9.17) is 0 Å². The number of nitrogens with zero attached hydrogens (tertiary/aromatic N) is 2. The van der Waals surface area contributed by atoms with E-state index in [0.717, 1.165) is 0 Å². The summed E-state index contributed by atoms with van der Waals surface area (Å²) in [5.41, 5.74) is 0.100. The fourth-order valence-electron chi connectivity index (χ4n) is 1.46. The van der Waals surface area contributed by atoms with Gasteiger partial charge < -0.3 is 4.52 Å². The Morgan fingerprint density at radius 1 is 1.37 bits per heavy atom. The zero-order valence-corrected chi connectivity index (χ0v) is 10.5. The third-order valence-corrected chi connectivity index (χ3v) is 3.68. The van der Waals surface area contributed by atoms with Crippen LogP contribution in [0.1, 0.15) is 5.56 Å². The van der Waals surface area contributed by atoms with Crippen LogP contribution in [-0.2, 0) is 10.0 Å². The summed E-state index contributed by atoms with van der Waals surface area (Å²) in [4.78, 5) is 9.73. The first kappa shape index (κ1) is 13.0. The molecule has 2 rings (SSSR count). The molecule has 1 N–H and O–H groups in total. The Balaban J connectivity index is 2.49. The molecule has 0 bridgehead atoms. The Morgan fingerprint density at radius 2 is 2.11 bits per heavy atom. The van der Waals surface area contributed by atoms with Gasteiger partial charge in [-0.15, -0.1) is 0 Å². The summed E-state index contributed by atoms with van der Waals surface area (Å²) < 4.78 is 30.7. The lowest BCUT2D eigenvalue weighted by atomic mass is 10.2. The van der Waals surface area contributed by atoms with Crippen LogP contribution in [0.2, 0.25) is 0 Å². The summed E-state index contributed by atoms with van der Waals surface area (Å²) >= 11 is 0. The van der Waals surface area contributed by atoms with E-state index in [1.54, 1.807) is 6.92 Å². The molecule has 0 fully saturated rings. The Morgan fingerprint density at radius 3 is 2.68 bits per heavy atom.